The van der Waals surface area contributed by atoms with Crippen molar-refractivity contribution in [2.24, 2.45) is 0 Å². The molecule has 14 heavy (non-hydrogen) atoms. The third-order valence-corrected chi connectivity index (χ3v) is 2.09. The third kappa shape index (κ3) is 2.08. The summed E-state index contributed by atoms with van der Waals surface area (Å²) in [6.07, 6.45) is 1.21. The van der Waals surface area contributed by atoms with Gasteiger partial charge in [0, 0.05) is 5.56 Å². The van der Waals surface area contributed by atoms with Crippen LogP contribution in [-0.2, 0) is 0 Å². The lowest BCUT2D eigenvalue weighted by molar-refractivity contribution is 0.104. The third-order valence-electron chi connectivity index (χ3n) is 2.09. The summed E-state index contributed by atoms with van der Waals surface area (Å²) in [6.45, 7) is 7.33. The molecule has 0 saturated carbocycles. The number of ketones is 1. The minimum atomic E-state index is -0.389. The Hall–Kier alpha value is -1.44. The molecular weight excluding hydrogens is 179 g/mol. The molecule has 0 unspecified atom stereocenters. The molecule has 0 aliphatic rings. The predicted molar refractivity (Wildman–Crippen MR) is 55.0 cm³/mol. The smallest absolute Gasteiger partial charge is 0.185 e. The Bertz CT molecular complexity index is 367. The van der Waals surface area contributed by atoms with Crippen molar-refractivity contribution in [3.05, 3.63) is 47.8 Å². The Morgan fingerprint density at radius 1 is 1.50 bits per heavy atom. The van der Waals surface area contributed by atoms with E-state index in [1.54, 1.807) is 6.07 Å². The fourth-order valence-electron chi connectivity index (χ4n) is 1.36. The van der Waals surface area contributed by atoms with Crippen molar-refractivity contribution >= 4 is 5.78 Å². The lowest BCUT2D eigenvalue weighted by Gasteiger charge is -2.10. The highest BCUT2D eigenvalue weighted by atomic mass is 19.1. The van der Waals surface area contributed by atoms with E-state index in [-0.39, 0.29) is 17.5 Å². The Morgan fingerprint density at radius 2 is 2.14 bits per heavy atom. The van der Waals surface area contributed by atoms with Gasteiger partial charge in [-0.2, -0.15) is 0 Å². The van der Waals surface area contributed by atoms with Crippen LogP contribution in [0.5, 0.6) is 0 Å². The Morgan fingerprint density at radius 3 is 2.64 bits per heavy atom. The van der Waals surface area contributed by atoms with Crippen molar-refractivity contribution < 1.29 is 9.18 Å². The molecule has 0 aliphatic carbocycles. The molecule has 0 aromatic heterocycles. The highest BCUT2D eigenvalue weighted by Crippen LogP contribution is 2.21. The van der Waals surface area contributed by atoms with E-state index in [1.807, 2.05) is 13.8 Å². The monoisotopic (exact) mass is 192 g/mol. The fraction of sp³-hybridized carbons (Fsp3) is 0.250. The summed E-state index contributed by atoms with van der Waals surface area (Å²) in [5.74, 6) is -0.415. The quantitative estimate of drug-likeness (QED) is 0.530. The zero-order chi connectivity index (χ0) is 10.7. The standard InChI is InChI=1S/C12H13FO/c1-4-12(14)11-7-9(13)5-6-10(11)8(2)3/h4-8H,1H2,2-3H3. The predicted octanol–water partition coefficient (Wildman–Crippen LogP) is 3.32. The van der Waals surface area contributed by atoms with Gasteiger partial charge in [-0.15, -0.1) is 0 Å². The molecule has 0 radical (unpaired) electrons. The maximum Gasteiger partial charge on any atom is 0.185 e. The molecule has 1 rings (SSSR count). The van der Waals surface area contributed by atoms with E-state index >= 15 is 0 Å². The van der Waals surface area contributed by atoms with E-state index in [4.69, 9.17) is 0 Å². The molecular formula is C12H13FO. The second-order valence-electron chi connectivity index (χ2n) is 3.45. The van der Waals surface area contributed by atoms with Crippen molar-refractivity contribution in [2.45, 2.75) is 19.8 Å². The number of rotatable bonds is 3. The number of carbonyl (C=O) groups excluding carboxylic acids is 1. The molecule has 1 aromatic rings. The van der Waals surface area contributed by atoms with Crippen molar-refractivity contribution in [3.8, 4) is 0 Å². The first-order chi connectivity index (χ1) is 6.56. The SMILES string of the molecule is C=CC(=O)c1cc(F)ccc1C(C)C. The first-order valence-electron chi connectivity index (χ1n) is 4.52. The summed E-state index contributed by atoms with van der Waals surface area (Å²) in [5.41, 5.74) is 1.27. The fourth-order valence-corrected chi connectivity index (χ4v) is 1.36. The van der Waals surface area contributed by atoms with Crippen molar-refractivity contribution in [3.63, 3.8) is 0 Å². The topological polar surface area (TPSA) is 17.1 Å². The van der Waals surface area contributed by atoms with E-state index < -0.39 is 0 Å². The molecule has 0 amide bonds. The summed E-state index contributed by atoms with van der Waals surface area (Å²) in [4.78, 5) is 11.4. The van der Waals surface area contributed by atoms with E-state index in [9.17, 15) is 9.18 Å². The molecule has 0 heterocycles. The number of allylic oxidation sites excluding steroid dienone is 1. The van der Waals surface area contributed by atoms with Gasteiger partial charge in [0.15, 0.2) is 5.78 Å². The first kappa shape index (κ1) is 10.6. The summed E-state index contributed by atoms with van der Waals surface area (Å²) >= 11 is 0. The van der Waals surface area contributed by atoms with Gasteiger partial charge in [-0.3, -0.25) is 4.79 Å². The summed E-state index contributed by atoms with van der Waals surface area (Å²) in [6, 6.07) is 4.28. The lowest BCUT2D eigenvalue weighted by Crippen LogP contribution is -2.02. The van der Waals surface area contributed by atoms with Gasteiger partial charge < -0.3 is 0 Å². The highest BCUT2D eigenvalue weighted by Gasteiger charge is 2.11. The van der Waals surface area contributed by atoms with Crippen LogP contribution in [0.3, 0.4) is 0 Å². The normalized spacial score (nSPS) is 10.3. The molecule has 0 bridgehead atoms. The van der Waals surface area contributed by atoms with Crippen LogP contribution < -0.4 is 0 Å². The number of benzene rings is 1. The summed E-state index contributed by atoms with van der Waals surface area (Å²) < 4.78 is 12.9. The number of hydrogen-bond acceptors (Lipinski definition) is 1. The molecule has 0 N–H and O–H groups in total. The molecule has 0 spiro atoms. The average Bonchev–Trinajstić information content (AvgIpc) is 2.16. The van der Waals surface area contributed by atoms with Crippen molar-refractivity contribution in [1.29, 1.82) is 0 Å². The zero-order valence-electron chi connectivity index (χ0n) is 8.38. The maximum atomic E-state index is 12.9. The molecule has 0 fully saturated rings. The van der Waals surface area contributed by atoms with Crippen LogP contribution in [-0.4, -0.2) is 5.78 Å². The van der Waals surface area contributed by atoms with Crippen LogP contribution in [0, 0.1) is 5.82 Å². The molecule has 74 valence electrons. The van der Waals surface area contributed by atoms with Gasteiger partial charge in [-0.25, -0.2) is 4.39 Å². The van der Waals surface area contributed by atoms with Gasteiger partial charge in [-0.05, 0) is 29.7 Å². The van der Waals surface area contributed by atoms with Crippen LogP contribution >= 0.6 is 0 Å². The molecule has 0 saturated heterocycles. The molecule has 0 atom stereocenters. The summed E-state index contributed by atoms with van der Waals surface area (Å²) in [7, 11) is 0. The molecule has 0 aliphatic heterocycles. The van der Waals surface area contributed by atoms with E-state index in [0.29, 0.717) is 5.56 Å². The Kier molecular flexibility index (Phi) is 3.18. The van der Waals surface area contributed by atoms with Crippen LogP contribution in [0.4, 0.5) is 4.39 Å². The van der Waals surface area contributed by atoms with Gasteiger partial charge in [-0.1, -0.05) is 26.5 Å². The van der Waals surface area contributed by atoms with E-state index in [0.717, 1.165) is 5.56 Å². The zero-order valence-corrected chi connectivity index (χ0v) is 8.38. The average molecular weight is 192 g/mol. The van der Waals surface area contributed by atoms with Crippen LogP contribution in [0.2, 0.25) is 0 Å². The largest absolute Gasteiger partial charge is 0.289 e. The highest BCUT2D eigenvalue weighted by molar-refractivity contribution is 6.05. The van der Waals surface area contributed by atoms with Crippen LogP contribution in [0.1, 0.15) is 35.7 Å². The van der Waals surface area contributed by atoms with Gasteiger partial charge in [0.05, 0.1) is 0 Å². The maximum absolute atomic E-state index is 12.9. The Balaban J connectivity index is 3.29. The van der Waals surface area contributed by atoms with Gasteiger partial charge in [0.2, 0.25) is 0 Å². The number of halogens is 1. The number of carbonyl (C=O) groups is 1. The van der Waals surface area contributed by atoms with Gasteiger partial charge >= 0.3 is 0 Å². The van der Waals surface area contributed by atoms with Crippen molar-refractivity contribution in [2.75, 3.05) is 0 Å². The minimum Gasteiger partial charge on any atom is -0.289 e. The Labute approximate surface area is 83.3 Å². The molecule has 1 nitrogen and oxygen atoms in total. The second kappa shape index (κ2) is 4.18. The van der Waals surface area contributed by atoms with Gasteiger partial charge in [0.1, 0.15) is 5.82 Å². The second-order valence-corrected chi connectivity index (χ2v) is 3.45. The van der Waals surface area contributed by atoms with Crippen LogP contribution in [0.25, 0.3) is 0 Å². The summed E-state index contributed by atoms with van der Waals surface area (Å²) in [5, 5.41) is 0. The number of hydrogen-bond donors (Lipinski definition) is 0. The molecule has 2 heteroatoms. The first-order valence-corrected chi connectivity index (χ1v) is 4.52. The van der Waals surface area contributed by atoms with Crippen LogP contribution in [0.15, 0.2) is 30.9 Å². The lowest BCUT2D eigenvalue weighted by atomic mass is 9.95. The van der Waals surface area contributed by atoms with Crippen molar-refractivity contribution in [1.82, 2.24) is 0 Å². The van der Waals surface area contributed by atoms with E-state index in [1.165, 1.54) is 18.2 Å². The minimum absolute atomic E-state index is 0.203. The molecule has 1 aromatic carbocycles. The van der Waals surface area contributed by atoms with E-state index in [2.05, 4.69) is 6.58 Å². The van der Waals surface area contributed by atoms with Gasteiger partial charge in [0.25, 0.3) is 0 Å².